The van der Waals surface area contributed by atoms with Gasteiger partial charge < -0.3 is 5.73 Å². The molecule has 0 fully saturated rings. The number of fused-ring (bicyclic) bond motifs is 1. The molecule has 1 aromatic heterocycles. The molecule has 0 spiro atoms. The summed E-state index contributed by atoms with van der Waals surface area (Å²) >= 11 is 0. The van der Waals surface area contributed by atoms with Gasteiger partial charge in [0.1, 0.15) is 5.52 Å². The van der Waals surface area contributed by atoms with Crippen molar-refractivity contribution in [3.05, 3.63) is 24.3 Å². The Labute approximate surface area is 101 Å². The predicted molar refractivity (Wildman–Crippen MR) is 67.6 cm³/mol. The first-order valence-electron chi connectivity index (χ1n) is 5.22. The van der Waals surface area contributed by atoms with Gasteiger partial charge in [-0.05, 0) is 18.1 Å². The van der Waals surface area contributed by atoms with Gasteiger partial charge in [-0.15, -0.1) is 17.5 Å². The molecule has 2 rings (SSSR count). The third-order valence-electron chi connectivity index (χ3n) is 2.66. The summed E-state index contributed by atoms with van der Waals surface area (Å²) in [7, 11) is 0. The van der Waals surface area contributed by atoms with E-state index in [1.807, 2.05) is 28.9 Å². The minimum absolute atomic E-state index is 0. The average molecular weight is 241 g/mol. The Bertz CT molecular complexity index is 452. The molecule has 1 atom stereocenters. The zero-order valence-electron chi connectivity index (χ0n) is 9.50. The van der Waals surface area contributed by atoms with Gasteiger partial charge in [0.25, 0.3) is 0 Å². The summed E-state index contributed by atoms with van der Waals surface area (Å²) in [5.74, 6) is 0.452. The number of hydrogen-bond acceptors (Lipinski definition) is 3. The summed E-state index contributed by atoms with van der Waals surface area (Å²) in [5, 5.41) is 8.19. The van der Waals surface area contributed by atoms with E-state index in [1.165, 1.54) is 0 Å². The molecule has 0 amide bonds. The number of hydrogen-bond donors (Lipinski definition) is 1. The topological polar surface area (TPSA) is 56.7 Å². The molecule has 2 aromatic rings. The highest BCUT2D eigenvalue weighted by atomic mass is 35.5. The van der Waals surface area contributed by atoms with E-state index in [0.29, 0.717) is 5.92 Å². The molecule has 1 aromatic carbocycles. The Kier molecular flexibility index (Phi) is 4.26. The van der Waals surface area contributed by atoms with Gasteiger partial charge in [0, 0.05) is 6.04 Å². The second-order valence-corrected chi connectivity index (χ2v) is 4.17. The molecule has 0 radical (unpaired) electrons. The lowest BCUT2D eigenvalue weighted by atomic mass is 10.1. The Morgan fingerprint density at radius 3 is 2.69 bits per heavy atom. The molecule has 0 bridgehead atoms. The van der Waals surface area contributed by atoms with Crippen LogP contribution >= 0.6 is 12.4 Å². The lowest BCUT2D eigenvalue weighted by Gasteiger charge is -2.15. The van der Waals surface area contributed by atoms with Gasteiger partial charge in [-0.25, -0.2) is 4.68 Å². The molecule has 1 unspecified atom stereocenters. The van der Waals surface area contributed by atoms with Crippen molar-refractivity contribution in [2.75, 3.05) is 0 Å². The van der Waals surface area contributed by atoms with Crippen LogP contribution in [0.1, 0.15) is 13.8 Å². The maximum Gasteiger partial charge on any atom is 0.113 e. The molecule has 0 saturated carbocycles. The van der Waals surface area contributed by atoms with E-state index in [4.69, 9.17) is 5.73 Å². The minimum atomic E-state index is 0. The highest BCUT2D eigenvalue weighted by Crippen LogP contribution is 2.11. The van der Waals surface area contributed by atoms with Crippen LogP contribution in [-0.2, 0) is 6.54 Å². The second-order valence-electron chi connectivity index (χ2n) is 4.17. The highest BCUT2D eigenvalue weighted by molar-refractivity contribution is 5.85. The molecule has 5 heteroatoms. The zero-order chi connectivity index (χ0) is 10.8. The summed E-state index contributed by atoms with van der Waals surface area (Å²) in [6.07, 6.45) is 0. The minimum Gasteiger partial charge on any atom is -0.326 e. The molecule has 88 valence electrons. The van der Waals surface area contributed by atoms with Crippen molar-refractivity contribution in [2.45, 2.75) is 26.4 Å². The van der Waals surface area contributed by atoms with Crippen molar-refractivity contribution < 1.29 is 0 Å². The molecule has 4 nitrogen and oxygen atoms in total. The van der Waals surface area contributed by atoms with Crippen LogP contribution in [-0.4, -0.2) is 21.0 Å². The molecule has 0 aliphatic rings. The van der Waals surface area contributed by atoms with Crippen molar-refractivity contribution in [3.63, 3.8) is 0 Å². The molecular formula is C11H17ClN4. The fourth-order valence-corrected chi connectivity index (χ4v) is 1.46. The summed E-state index contributed by atoms with van der Waals surface area (Å²) in [6, 6.07) is 8.05. The first-order chi connectivity index (χ1) is 7.18. The highest BCUT2D eigenvalue weighted by Gasteiger charge is 2.11. The van der Waals surface area contributed by atoms with Gasteiger partial charge in [-0.2, -0.15) is 0 Å². The van der Waals surface area contributed by atoms with Crippen LogP contribution in [0.5, 0.6) is 0 Å². The first kappa shape index (κ1) is 12.9. The van der Waals surface area contributed by atoms with Crippen LogP contribution in [0.15, 0.2) is 24.3 Å². The summed E-state index contributed by atoms with van der Waals surface area (Å²) < 4.78 is 1.88. The van der Waals surface area contributed by atoms with E-state index in [1.54, 1.807) is 0 Å². The fraction of sp³-hybridized carbons (Fsp3) is 0.455. The zero-order valence-corrected chi connectivity index (χ0v) is 10.3. The summed E-state index contributed by atoms with van der Waals surface area (Å²) in [6.45, 7) is 4.95. The Balaban J connectivity index is 0.00000128. The molecule has 16 heavy (non-hydrogen) atoms. The number of nitrogens with two attached hydrogens (primary N) is 1. The van der Waals surface area contributed by atoms with Gasteiger partial charge in [0.2, 0.25) is 0 Å². The third-order valence-corrected chi connectivity index (χ3v) is 2.66. The molecule has 2 N–H and O–H groups in total. The lowest BCUT2D eigenvalue weighted by molar-refractivity contribution is 0.414. The summed E-state index contributed by atoms with van der Waals surface area (Å²) in [4.78, 5) is 0. The van der Waals surface area contributed by atoms with Crippen LogP contribution in [0.3, 0.4) is 0 Å². The first-order valence-corrected chi connectivity index (χ1v) is 5.22. The van der Waals surface area contributed by atoms with Crippen molar-refractivity contribution in [1.82, 2.24) is 15.0 Å². The van der Waals surface area contributed by atoms with Gasteiger partial charge in [-0.1, -0.05) is 31.2 Å². The van der Waals surface area contributed by atoms with E-state index < -0.39 is 0 Å². The van der Waals surface area contributed by atoms with Gasteiger partial charge in [0.15, 0.2) is 0 Å². The fourth-order valence-electron chi connectivity index (χ4n) is 1.46. The Hall–Kier alpha value is -1.13. The third kappa shape index (κ3) is 2.51. The Morgan fingerprint density at radius 2 is 2.00 bits per heavy atom. The predicted octanol–water partition coefficient (Wildman–Crippen LogP) is 1.84. The Morgan fingerprint density at radius 1 is 1.31 bits per heavy atom. The lowest BCUT2D eigenvalue weighted by Crippen LogP contribution is -2.31. The van der Waals surface area contributed by atoms with E-state index in [0.717, 1.165) is 17.6 Å². The van der Waals surface area contributed by atoms with Crippen LogP contribution in [0.2, 0.25) is 0 Å². The monoisotopic (exact) mass is 240 g/mol. The van der Waals surface area contributed by atoms with Crippen molar-refractivity contribution >= 4 is 23.4 Å². The largest absolute Gasteiger partial charge is 0.326 e. The standard InChI is InChI=1S/C11H16N4.ClH/c1-8(2)9(12)7-15-11-6-4-3-5-10(11)13-14-15;/h3-6,8-9H,7,12H2,1-2H3;1H. The molecular weight excluding hydrogens is 224 g/mol. The maximum absolute atomic E-state index is 6.01. The average Bonchev–Trinajstić information content (AvgIpc) is 2.62. The van der Waals surface area contributed by atoms with Crippen molar-refractivity contribution in [3.8, 4) is 0 Å². The normalized spacial score (nSPS) is 12.8. The van der Waals surface area contributed by atoms with Gasteiger partial charge in [0.05, 0.1) is 12.1 Å². The quantitative estimate of drug-likeness (QED) is 0.891. The molecule has 1 heterocycles. The molecule has 0 aliphatic carbocycles. The van der Waals surface area contributed by atoms with E-state index >= 15 is 0 Å². The van der Waals surface area contributed by atoms with Crippen LogP contribution < -0.4 is 5.73 Å². The smallest absolute Gasteiger partial charge is 0.113 e. The van der Waals surface area contributed by atoms with Crippen LogP contribution in [0.25, 0.3) is 11.0 Å². The van der Waals surface area contributed by atoms with Crippen LogP contribution in [0.4, 0.5) is 0 Å². The molecule has 0 saturated heterocycles. The molecule has 0 aliphatic heterocycles. The number of benzene rings is 1. The summed E-state index contributed by atoms with van der Waals surface area (Å²) in [5.41, 5.74) is 7.98. The van der Waals surface area contributed by atoms with Crippen LogP contribution in [0, 0.1) is 5.92 Å². The van der Waals surface area contributed by atoms with Crippen molar-refractivity contribution in [1.29, 1.82) is 0 Å². The SMILES string of the molecule is CC(C)C(N)Cn1nnc2ccccc21.Cl. The van der Waals surface area contributed by atoms with E-state index in [9.17, 15) is 0 Å². The van der Waals surface area contributed by atoms with E-state index in [-0.39, 0.29) is 18.4 Å². The number of aromatic nitrogens is 3. The number of rotatable bonds is 3. The van der Waals surface area contributed by atoms with Gasteiger partial charge in [-0.3, -0.25) is 0 Å². The maximum atomic E-state index is 6.01. The number of nitrogens with zero attached hydrogens (tertiary/aromatic N) is 3. The van der Waals surface area contributed by atoms with E-state index in [2.05, 4.69) is 24.2 Å². The van der Waals surface area contributed by atoms with Crippen molar-refractivity contribution in [2.24, 2.45) is 11.7 Å². The number of para-hydroxylation sites is 1. The number of halogens is 1. The second kappa shape index (κ2) is 5.27. The van der Waals surface area contributed by atoms with Gasteiger partial charge >= 0.3 is 0 Å².